The van der Waals surface area contributed by atoms with Crippen LogP contribution in [-0.4, -0.2) is 29.0 Å². The first-order chi connectivity index (χ1) is 8.77. The third-order valence-corrected chi connectivity index (χ3v) is 2.38. The quantitative estimate of drug-likeness (QED) is 0.545. The Balaban J connectivity index is 2.41. The van der Waals surface area contributed by atoms with E-state index in [0.717, 1.165) is 19.3 Å². The molecule has 0 atom stereocenters. The molecule has 18 heavy (non-hydrogen) atoms. The maximum absolute atomic E-state index is 11.7. The summed E-state index contributed by atoms with van der Waals surface area (Å²) in [5.41, 5.74) is 0.482. The fourth-order valence-corrected chi connectivity index (χ4v) is 1.38. The molecule has 0 fully saturated rings. The van der Waals surface area contributed by atoms with Crippen molar-refractivity contribution in [3.8, 4) is 0 Å². The summed E-state index contributed by atoms with van der Waals surface area (Å²) < 4.78 is 0. The van der Waals surface area contributed by atoms with Gasteiger partial charge in [-0.25, -0.2) is 9.97 Å². The van der Waals surface area contributed by atoms with Crippen molar-refractivity contribution in [2.75, 3.05) is 18.4 Å². The number of nitrogens with one attached hydrogen (secondary N) is 2. The van der Waals surface area contributed by atoms with Gasteiger partial charge in [-0.15, -0.1) is 6.58 Å². The van der Waals surface area contributed by atoms with Gasteiger partial charge in [0, 0.05) is 25.5 Å². The van der Waals surface area contributed by atoms with Crippen molar-refractivity contribution in [1.29, 1.82) is 0 Å². The van der Waals surface area contributed by atoms with Crippen molar-refractivity contribution in [2.24, 2.45) is 0 Å². The second-order valence-corrected chi connectivity index (χ2v) is 3.93. The van der Waals surface area contributed by atoms with E-state index in [2.05, 4.69) is 34.1 Å². The summed E-state index contributed by atoms with van der Waals surface area (Å²) in [6.07, 6.45) is 8.03. The van der Waals surface area contributed by atoms with Gasteiger partial charge < -0.3 is 10.6 Å². The van der Waals surface area contributed by atoms with Crippen LogP contribution >= 0.6 is 0 Å². The number of unbranched alkanes of at least 4 members (excludes halogenated alkanes) is 2. The molecule has 0 saturated carbocycles. The van der Waals surface area contributed by atoms with Gasteiger partial charge in [0.05, 0.1) is 5.56 Å². The number of nitrogens with zero attached hydrogens (tertiary/aromatic N) is 2. The van der Waals surface area contributed by atoms with Crippen LogP contribution in [0.5, 0.6) is 0 Å². The maximum Gasteiger partial charge on any atom is 0.254 e. The molecule has 98 valence electrons. The van der Waals surface area contributed by atoms with Crippen molar-refractivity contribution in [1.82, 2.24) is 15.3 Å². The second-order valence-electron chi connectivity index (χ2n) is 3.93. The van der Waals surface area contributed by atoms with Crippen LogP contribution in [0.4, 0.5) is 5.95 Å². The maximum atomic E-state index is 11.7. The molecule has 5 nitrogen and oxygen atoms in total. The van der Waals surface area contributed by atoms with Gasteiger partial charge in [-0.2, -0.15) is 0 Å². The highest BCUT2D eigenvalue weighted by Crippen LogP contribution is 2.00. The average molecular weight is 248 g/mol. The Hall–Kier alpha value is -1.91. The molecule has 1 heterocycles. The van der Waals surface area contributed by atoms with E-state index in [1.807, 2.05) is 0 Å². The third kappa shape index (κ3) is 4.95. The molecule has 0 saturated heterocycles. The van der Waals surface area contributed by atoms with Crippen molar-refractivity contribution in [3.05, 3.63) is 30.6 Å². The van der Waals surface area contributed by atoms with Crippen LogP contribution in [-0.2, 0) is 0 Å². The Kier molecular flexibility index (Phi) is 6.46. The fraction of sp³-hybridized carbons (Fsp3) is 0.462. The zero-order chi connectivity index (χ0) is 13.2. The number of carbonyl (C=O) groups excluding carboxylic acids is 1. The Morgan fingerprint density at radius 2 is 2.11 bits per heavy atom. The molecule has 2 N–H and O–H groups in total. The van der Waals surface area contributed by atoms with E-state index in [1.54, 1.807) is 6.08 Å². The summed E-state index contributed by atoms with van der Waals surface area (Å²) in [7, 11) is 0. The number of amides is 1. The topological polar surface area (TPSA) is 66.9 Å². The monoisotopic (exact) mass is 248 g/mol. The van der Waals surface area contributed by atoms with Crippen LogP contribution in [0.3, 0.4) is 0 Å². The van der Waals surface area contributed by atoms with E-state index in [1.165, 1.54) is 12.4 Å². The highest BCUT2D eigenvalue weighted by Gasteiger charge is 2.05. The molecule has 0 spiro atoms. The van der Waals surface area contributed by atoms with Crippen LogP contribution in [0.15, 0.2) is 25.0 Å². The van der Waals surface area contributed by atoms with E-state index in [0.29, 0.717) is 24.6 Å². The molecule has 5 heteroatoms. The molecular formula is C13H20N4O. The van der Waals surface area contributed by atoms with Gasteiger partial charge in [-0.05, 0) is 6.42 Å². The standard InChI is InChI=1S/C13H20N4O/c1-3-5-6-8-14-12(18)11-9-16-13(17-10-11)15-7-4-2/h4,9-10H,2-3,5-8H2,1H3,(H,14,18)(H,15,16,17). The smallest absolute Gasteiger partial charge is 0.254 e. The minimum absolute atomic E-state index is 0.124. The molecule has 0 radical (unpaired) electrons. The number of carbonyl (C=O) groups is 1. The largest absolute Gasteiger partial charge is 0.352 e. The van der Waals surface area contributed by atoms with E-state index >= 15 is 0 Å². The minimum atomic E-state index is -0.124. The highest BCUT2D eigenvalue weighted by molar-refractivity contribution is 5.93. The van der Waals surface area contributed by atoms with Crippen LogP contribution in [0, 0.1) is 0 Å². The predicted molar refractivity (Wildman–Crippen MR) is 72.6 cm³/mol. The van der Waals surface area contributed by atoms with E-state index < -0.39 is 0 Å². The molecule has 0 aromatic carbocycles. The van der Waals surface area contributed by atoms with Crippen LogP contribution in [0.2, 0.25) is 0 Å². The molecule has 1 aromatic rings. The van der Waals surface area contributed by atoms with Crippen molar-refractivity contribution >= 4 is 11.9 Å². The van der Waals surface area contributed by atoms with Gasteiger partial charge in [-0.3, -0.25) is 4.79 Å². The second kappa shape index (κ2) is 8.22. The summed E-state index contributed by atoms with van der Waals surface area (Å²) in [5.74, 6) is 0.374. The molecule has 0 unspecified atom stereocenters. The van der Waals surface area contributed by atoms with Crippen molar-refractivity contribution in [3.63, 3.8) is 0 Å². The lowest BCUT2D eigenvalue weighted by Crippen LogP contribution is -2.24. The first kappa shape index (κ1) is 14.2. The van der Waals surface area contributed by atoms with E-state index in [-0.39, 0.29) is 5.91 Å². The zero-order valence-electron chi connectivity index (χ0n) is 10.8. The SMILES string of the molecule is C=CCNc1ncc(C(=O)NCCCCC)cn1. The first-order valence-electron chi connectivity index (χ1n) is 6.23. The molecule has 1 amide bonds. The number of aromatic nitrogens is 2. The van der Waals surface area contributed by atoms with Crippen LogP contribution in [0.25, 0.3) is 0 Å². The summed E-state index contributed by atoms with van der Waals surface area (Å²) in [6.45, 7) is 7.02. The minimum Gasteiger partial charge on any atom is -0.352 e. The molecule has 0 aliphatic rings. The molecule has 0 bridgehead atoms. The molecular weight excluding hydrogens is 228 g/mol. The average Bonchev–Trinajstić information content (AvgIpc) is 2.41. The van der Waals surface area contributed by atoms with Crippen molar-refractivity contribution < 1.29 is 4.79 Å². The predicted octanol–water partition coefficient (Wildman–Crippen LogP) is 1.99. The molecule has 0 aliphatic heterocycles. The van der Waals surface area contributed by atoms with Crippen LogP contribution in [0.1, 0.15) is 36.5 Å². The third-order valence-electron chi connectivity index (χ3n) is 2.38. The number of anilines is 1. The Bertz CT molecular complexity index is 375. The number of hydrogen-bond donors (Lipinski definition) is 2. The lowest BCUT2D eigenvalue weighted by molar-refractivity contribution is 0.0952. The number of rotatable bonds is 8. The highest BCUT2D eigenvalue weighted by atomic mass is 16.1. The Labute approximate surface area is 108 Å². The molecule has 1 rings (SSSR count). The van der Waals surface area contributed by atoms with Gasteiger partial charge in [0.25, 0.3) is 5.91 Å². The fourth-order valence-electron chi connectivity index (χ4n) is 1.38. The Morgan fingerprint density at radius 3 is 2.72 bits per heavy atom. The lowest BCUT2D eigenvalue weighted by Gasteiger charge is -2.05. The van der Waals surface area contributed by atoms with Crippen LogP contribution < -0.4 is 10.6 Å². The van der Waals surface area contributed by atoms with Crippen molar-refractivity contribution in [2.45, 2.75) is 26.2 Å². The van der Waals surface area contributed by atoms with Gasteiger partial charge in [0.15, 0.2) is 0 Å². The lowest BCUT2D eigenvalue weighted by atomic mass is 10.2. The summed E-state index contributed by atoms with van der Waals surface area (Å²) in [4.78, 5) is 19.8. The summed E-state index contributed by atoms with van der Waals surface area (Å²) in [6, 6.07) is 0. The van der Waals surface area contributed by atoms with Gasteiger partial charge in [0.2, 0.25) is 5.95 Å². The number of hydrogen-bond acceptors (Lipinski definition) is 4. The summed E-state index contributed by atoms with van der Waals surface area (Å²) >= 11 is 0. The van der Waals surface area contributed by atoms with Gasteiger partial charge in [0.1, 0.15) is 0 Å². The van der Waals surface area contributed by atoms with Gasteiger partial charge >= 0.3 is 0 Å². The van der Waals surface area contributed by atoms with E-state index in [9.17, 15) is 4.79 Å². The summed E-state index contributed by atoms with van der Waals surface area (Å²) in [5, 5.41) is 5.79. The van der Waals surface area contributed by atoms with E-state index in [4.69, 9.17) is 0 Å². The normalized spacial score (nSPS) is 9.83. The molecule has 1 aromatic heterocycles. The first-order valence-corrected chi connectivity index (χ1v) is 6.23. The Morgan fingerprint density at radius 1 is 1.39 bits per heavy atom. The van der Waals surface area contributed by atoms with Gasteiger partial charge in [-0.1, -0.05) is 25.8 Å². The zero-order valence-corrected chi connectivity index (χ0v) is 10.8. The molecule has 0 aliphatic carbocycles.